The number of thiocarbonyl (C=S) groups is 1. The smallest absolute Gasteiger partial charge is 0.233 e. The lowest BCUT2D eigenvalue weighted by atomic mass is 10.3. The van der Waals surface area contributed by atoms with E-state index in [-0.39, 0.29) is 5.91 Å². The first-order valence-corrected chi connectivity index (χ1v) is 6.54. The number of amides is 1. The van der Waals surface area contributed by atoms with Crippen LogP contribution in [0.1, 0.15) is 4.88 Å². The third-order valence-corrected chi connectivity index (χ3v) is 4.27. The van der Waals surface area contributed by atoms with Gasteiger partial charge in [0.05, 0.1) is 6.42 Å². The van der Waals surface area contributed by atoms with Crippen LogP contribution in [0.25, 0.3) is 0 Å². The molecule has 2 heterocycles. The van der Waals surface area contributed by atoms with Gasteiger partial charge in [-0.1, -0.05) is 30.0 Å². The van der Waals surface area contributed by atoms with Crippen LogP contribution in [-0.2, 0) is 11.2 Å². The van der Waals surface area contributed by atoms with Gasteiger partial charge in [-0.3, -0.25) is 9.69 Å². The highest BCUT2D eigenvalue weighted by molar-refractivity contribution is 8.23. The Kier molecular flexibility index (Phi) is 3.20. The van der Waals surface area contributed by atoms with E-state index in [0.29, 0.717) is 6.42 Å². The molecule has 14 heavy (non-hydrogen) atoms. The zero-order valence-electron chi connectivity index (χ0n) is 7.43. The maximum absolute atomic E-state index is 11.8. The van der Waals surface area contributed by atoms with E-state index in [0.717, 1.165) is 21.5 Å². The van der Waals surface area contributed by atoms with E-state index in [1.807, 2.05) is 17.5 Å². The van der Waals surface area contributed by atoms with Gasteiger partial charge in [0.1, 0.15) is 4.32 Å². The third kappa shape index (κ3) is 2.16. The Morgan fingerprint density at radius 2 is 2.50 bits per heavy atom. The van der Waals surface area contributed by atoms with Crippen molar-refractivity contribution in [3.05, 3.63) is 22.4 Å². The van der Waals surface area contributed by atoms with Crippen molar-refractivity contribution in [2.45, 2.75) is 6.42 Å². The highest BCUT2D eigenvalue weighted by Crippen LogP contribution is 2.19. The van der Waals surface area contributed by atoms with E-state index >= 15 is 0 Å². The van der Waals surface area contributed by atoms with Crippen LogP contribution >= 0.6 is 35.3 Å². The lowest BCUT2D eigenvalue weighted by Crippen LogP contribution is -2.31. The van der Waals surface area contributed by atoms with E-state index in [1.54, 1.807) is 28.0 Å². The summed E-state index contributed by atoms with van der Waals surface area (Å²) in [6, 6.07) is 3.94. The van der Waals surface area contributed by atoms with E-state index in [1.165, 1.54) is 0 Å². The van der Waals surface area contributed by atoms with Gasteiger partial charge >= 0.3 is 0 Å². The van der Waals surface area contributed by atoms with Gasteiger partial charge < -0.3 is 0 Å². The van der Waals surface area contributed by atoms with Crippen LogP contribution in [0.3, 0.4) is 0 Å². The molecule has 5 heteroatoms. The number of carbonyl (C=O) groups excluding carboxylic acids is 1. The fraction of sp³-hybridized carbons (Fsp3) is 0.333. The molecule has 2 nitrogen and oxygen atoms in total. The standard InChI is InChI=1S/C9H9NOS3/c11-8(6-7-2-1-4-13-7)10-3-5-14-9(10)12/h1-2,4H,3,5-6H2. The summed E-state index contributed by atoms with van der Waals surface area (Å²) >= 11 is 8.28. The van der Waals surface area contributed by atoms with E-state index in [9.17, 15) is 4.79 Å². The van der Waals surface area contributed by atoms with Crippen molar-refractivity contribution in [1.29, 1.82) is 0 Å². The summed E-state index contributed by atoms with van der Waals surface area (Å²) < 4.78 is 0.728. The molecule has 0 saturated carbocycles. The van der Waals surface area contributed by atoms with E-state index < -0.39 is 0 Å². The van der Waals surface area contributed by atoms with Gasteiger partial charge in [0.25, 0.3) is 0 Å². The fourth-order valence-electron chi connectivity index (χ4n) is 1.28. The third-order valence-electron chi connectivity index (χ3n) is 1.97. The maximum atomic E-state index is 11.8. The molecule has 1 aliphatic rings. The summed E-state index contributed by atoms with van der Waals surface area (Å²) in [5, 5.41) is 1.99. The lowest BCUT2D eigenvalue weighted by Gasteiger charge is -2.13. The topological polar surface area (TPSA) is 20.3 Å². The van der Waals surface area contributed by atoms with Crippen LogP contribution < -0.4 is 0 Å². The van der Waals surface area contributed by atoms with Crippen molar-refractivity contribution in [2.75, 3.05) is 12.3 Å². The summed E-state index contributed by atoms with van der Waals surface area (Å²) in [5.74, 6) is 1.07. The molecule has 1 aliphatic heterocycles. The average molecular weight is 243 g/mol. The first kappa shape index (κ1) is 10.1. The minimum atomic E-state index is 0.127. The van der Waals surface area contributed by atoms with Crippen LogP contribution in [0, 0.1) is 0 Å². The molecule has 1 aromatic heterocycles. The summed E-state index contributed by atoms with van der Waals surface area (Å²) in [6.45, 7) is 0.772. The predicted molar refractivity (Wildman–Crippen MR) is 64.8 cm³/mol. The molecule has 0 unspecified atom stereocenters. The molecule has 0 bridgehead atoms. The van der Waals surface area contributed by atoms with Crippen molar-refractivity contribution < 1.29 is 4.79 Å². The minimum Gasteiger partial charge on any atom is -0.297 e. The van der Waals surface area contributed by atoms with Crippen LogP contribution in [0.2, 0.25) is 0 Å². The number of thiophene rings is 1. The molecule has 0 aromatic carbocycles. The summed E-state index contributed by atoms with van der Waals surface area (Å²) in [6.07, 6.45) is 0.484. The molecular formula is C9H9NOS3. The molecule has 1 fully saturated rings. The Morgan fingerprint density at radius 1 is 1.64 bits per heavy atom. The van der Waals surface area contributed by atoms with Crippen molar-refractivity contribution >= 4 is 45.5 Å². The first-order chi connectivity index (χ1) is 6.77. The SMILES string of the molecule is O=C(Cc1cccs1)N1CCSC1=S. The largest absolute Gasteiger partial charge is 0.297 e. The quantitative estimate of drug-likeness (QED) is 0.742. The Morgan fingerprint density at radius 3 is 3.07 bits per heavy atom. The maximum Gasteiger partial charge on any atom is 0.233 e. The van der Waals surface area contributed by atoms with Crippen molar-refractivity contribution in [2.24, 2.45) is 0 Å². The van der Waals surface area contributed by atoms with Crippen LogP contribution in [0.15, 0.2) is 17.5 Å². The first-order valence-electron chi connectivity index (χ1n) is 4.27. The van der Waals surface area contributed by atoms with Gasteiger partial charge in [0.15, 0.2) is 0 Å². The number of hydrogen-bond donors (Lipinski definition) is 0. The monoisotopic (exact) mass is 243 g/mol. The Hall–Kier alpha value is -0.390. The minimum absolute atomic E-state index is 0.127. The Balaban J connectivity index is 1.99. The predicted octanol–water partition coefficient (Wildman–Crippen LogP) is 2.15. The molecule has 1 saturated heterocycles. The zero-order valence-corrected chi connectivity index (χ0v) is 9.88. The number of rotatable bonds is 2. The number of hydrogen-bond acceptors (Lipinski definition) is 4. The summed E-state index contributed by atoms with van der Waals surface area (Å²) in [4.78, 5) is 14.6. The Labute approximate surface area is 96.3 Å². The van der Waals surface area contributed by atoms with Gasteiger partial charge in [-0.25, -0.2) is 0 Å². The average Bonchev–Trinajstić information content (AvgIpc) is 2.75. The number of thioether (sulfide) groups is 1. The molecule has 0 spiro atoms. The van der Waals surface area contributed by atoms with Crippen molar-refractivity contribution in [3.8, 4) is 0 Å². The van der Waals surface area contributed by atoms with Crippen LogP contribution in [-0.4, -0.2) is 27.4 Å². The molecule has 0 N–H and O–H groups in total. The van der Waals surface area contributed by atoms with Crippen molar-refractivity contribution in [3.63, 3.8) is 0 Å². The molecule has 74 valence electrons. The van der Waals surface area contributed by atoms with Gasteiger partial charge in [-0.2, -0.15) is 0 Å². The van der Waals surface area contributed by atoms with Crippen LogP contribution in [0.4, 0.5) is 0 Å². The van der Waals surface area contributed by atoms with E-state index in [2.05, 4.69) is 0 Å². The zero-order chi connectivity index (χ0) is 9.97. The van der Waals surface area contributed by atoms with Gasteiger partial charge in [-0.05, 0) is 11.4 Å². The van der Waals surface area contributed by atoms with Gasteiger partial charge in [-0.15, -0.1) is 11.3 Å². The van der Waals surface area contributed by atoms with Crippen molar-refractivity contribution in [1.82, 2.24) is 4.90 Å². The molecular weight excluding hydrogens is 234 g/mol. The molecule has 1 amide bonds. The second-order valence-electron chi connectivity index (χ2n) is 2.92. The summed E-state index contributed by atoms with van der Waals surface area (Å²) in [5.41, 5.74) is 0. The number of nitrogens with zero attached hydrogens (tertiary/aromatic N) is 1. The second-order valence-corrected chi connectivity index (χ2v) is 5.68. The molecule has 1 aromatic rings. The molecule has 0 atom stereocenters. The molecule has 0 aliphatic carbocycles. The lowest BCUT2D eigenvalue weighted by molar-refractivity contribution is -0.126. The second kappa shape index (κ2) is 4.42. The summed E-state index contributed by atoms with van der Waals surface area (Å²) in [7, 11) is 0. The normalized spacial score (nSPS) is 16.3. The fourth-order valence-corrected chi connectivity index (χ4v) is 3.21. The number of carbonyl (C=O) groups is 1. The Bertz CT molecular complexity index is 347. The van der Waals surface area contributed by atoms with E-state index in [4.69, 9.17) is 12.2 Å². The highest BCUT2D eigenvalue weighted by Gasteiger charge is 2.23. The van der Waals surface area contributed by atoms with Crippen LogP contribution in [0.5, 0.6) is 0 Å². The van der Waals surface area contributed by atoms with Gasteiger partial charge in [0.2, 0.25) is 5.91 Å². The van der Waals surface area contributed by atoms with Gasteiger partial charge in [0, 0.05) is 17.2 Å². The molecule has 0 radical (unpaired) electrons. The molecule has 2 rings (SSSR count). The highest BCUT2D eigenvalue weighted by atomic mass is 32.2.